The zero-order valence-corrected chi connectivity index (χ0v) is 18.6. The molecule has 0 saturated carbocycles. The number of aliphatic hydroxyl groups is 1. The van der Waals surface area contributed by atoms with Gasteiger partial charge >= 0.3 is 0 Å². The number of aliphatic hydroxyl groups excluding tert-OH is 1. The minimum atomic E-state index is -1.23. The van der Waals surface area contributed by atoms with Gasteiger partial charge in [-0.25, -0.2) is 8.78 Å². The molecule has 1 heterocycles. The fraction of sp³-hybridized carbons (Fsp3) is 0.0833. The third-order valence-corrected chi connectivity index (χ3v) is 5.79. The molecule has 168 valence electrons. The van der Waals surface area contributed by atoms with E-state index in [2.05, 4.69) is 15.9 Å². The van der Waals surface area contributed by atoms with Crippen LogP contribution in [-0.2, 0) is 9.59 Å². The Bertz CT molecular complexity index is 1310. The number of phenolic OH excluding ortho intramolecular Hbond substituents is 1. The van der Waals surface area contributed by atoms with Gasteiger partial charge in [0.2, 0.25) is 0 Å². The average Bonchev–Trinajstić information content (AvgIpc) is 3.06. The van der Waals surface area contributed by atoms with Crippen LogP contribution in [-0.4, -0.2) is 29.0 Å². The number of rotatable bonds is 4. The first kappa shape index (κ1) is 22.5. The van der Waals surface area contributed by atoms with Crippen molar-refractivity contribution in [3.8, 4) is 11.5 Å². The van der Waals surface area contributed by atoms with Gasteiger partial charge in [0.05, 0.1) is 18.7 Å². The molecule has 1 saturated heterocycles. The normalized spacial score (nSPS) is 17.5. The van der Waals surface area contributed by atoms with Gasteiger partial charge in [0.25, 0.3) is 11.7 Å². The SMILES string of the molecule is COc1ccc(C2/C(=C(\O)c3ccc(Br)cc3)C(=O)C(=O)N2c2ccc(F)c(F)c2)cc1O. The molecule has 1 aliphatic heterocycles. The molecular formula is C24H16BrF2NO5. The Balaban J connectivity index is 1.96. The van der Waals surface area contributed by atoms with Crippen LogP contribution in [0.15, 0.2) is 70.7 Å². The third kappa shape index (κ3) is 3.95. The summed E-state index contributed by atoms with van der Waals surface area (Å²) in [5.41, 5.74) is 0.155. The quantitative estimate of drug-likeness (QED) is 0.288. The van der Waals surface area contributed by atoms with Gasteiger partial charge in [0, 0.05) is 21.8 Å². The highest BCUT2D eigenvalue weighted by atomic mass is 79.9. The van der Waals surface area contributed by atoms with E-state index >= 15 is 0 Å². The van der Waals surface area contributed by atoms with Crippen LogP contribution in [0.4, 0.5) is 14.5 Å². The summed E-state index contributed by atoms with van der Waals surface area (Å²) in [6.45, 7) is 0. The Labute approximate surface area is 195 Å². The highest BCUT2D eigenvalue weighted by Gasteiger charge is 2.47. The molecule has 1 atom stereocenters. The maximum atomic E-state index is 14.0. The van der Waals surface area contributed by atoms with Gasteiger partial charge in [-0.3, -0.25) is 14.5 Å². The molecule has 0 spiro atoms. The van der Waals surface area contributed by atoms with Crippen LogP contribution < -0.4 is 9.64 Å². The number of Topliss-reactive ketones (excluding diaryl/α,β-unsaturated/α-hetero) is 1. The monoisotopic (exact) mass is 515 g/mol. The first-order chi connectivity index (χ1) is 15.7. The number of carbonyl (C=O) groups is 2. The minimum Gasteiger partial charge on any atom is -0.507 e. The summed E-state index contributed by atoms with van der Waals surface area (Å²) < 4.78 is 33.3. The predicted molar refractivity (Wildman–Crippen MR) is 120 cm³/mol. The van der Waals surface area contributed by atoms with Crippen LogP contribution in [0.1, 0.15) is 17.2 Å². The van der Waals surface area contributed by atoms with Crippen molar-refractivity contribution >= 4 is 39.1 Å². The van der Waals surface area contributed by atoms with Crippen molar-refractivity contribution in [1.82, 2.24) is 0 Å². The number of benzene rings is 3. The number of halogens is 3. The molecule has 1 aliphatic rings. The number of phenols is 1. The van der Waals surface area contributed by atoms with Gasteiger partial charge < -0.3 is 14.9 Å². The van der Waals surface area contributed by atoms with E-state index in [1.807, 2.05) is 0 Å². The molecule has 3 aromatic carbocycles. The molecule has 0 aliphatic carbocycles. The molecule has 6 nitrogen and oxygen atoms in total. The number of nitrogens with zero attached hydrogens (tertiary/aromatic N) is 1. The van der Waals surface area contributed by atoms with Gasteiger partial charge in [0.1, 0.15) is 5.76 Å². The number of ketones is 1. The van der Waals surface area contributed by atoms with Crippen LogP contribution in [0.3, 0.4) is 0 Å². The van der Waals surface area contributed by atoms with Crippen LogP contribution >= 0.6 is 15.9 Å². The Morgan fingerprint density at radius 1 is 1.00 bits per heavy atom. The molecule has 1 amide bonds. The van der Waals surface area contributed by atoms with Crippen LogP contribution in [0, 0.1) is 11.6 Å². The zero-order valence-electron chi connectivity index (χ0n) is 17.1. The van der Waals surface area contributed by atoms with Crippen molar-refractivity contribution in [3.05, 3.63) is 93.5 Å². The number of hydrogen-bond donors (Lipinski definition) is 2. The summed E-state index contributed by atoms with van der Waals surface area (Å²) in [4.78, 5) is 27.0. The number of hydrogen-bond acceptors (Lipinski definition) is 5. The van der Waals surface area contributed by atoms with Crippen molar-refractivity contribution in [3.63, 3.8) is 0 Å². The number of anilines is 1. The molecule has 33 heavy (non-hydrogen) atoms. The van der Waals surface area contributed by atoms with E-state index in [4.69, 9.17) is 4.74 Å². The lowest BCUT2D eigenvalue weighted by Gasteiger charge is -2.26. The van der Waals surface area contributed by atoms with E-state index in [9.17, 15) is 28.6 Å². The van der Waals surface area contributed by atoms with Gasteiger partial charge in [0.15, 0.2) is 23.1 Å². The number of ether oxygens (including phenoxy) is 1. The topological polar surface area (TPSA) is 87.1 Å². The van der Waals surface area contributed by atoms with E-state index in [-0.39, 0.29) is 33.9 Å². The molecule has 0 aromatic heterocycles. The molecular weight excluding hydrogens is 500 g/mol. The highest BCUT2D eigenvalue weighted by Crippen LogP contribution is 2.44. The summed E-state index contributed by atoms with van der Waals surface area (Å²) in [5.74, 6) is -4.96. The molecule has 0 radical (unpaired) electrons. The second kappa shape index (κ2) is 8.67. The zero-order chi connectivity index (χ0) is 23.9. The van der Waals surface area contributed by atoms with E-state index in [1.54, 1.807) is 24.3 Å². The van der Waals surface area contributed by atoms with Crippen molar-refractivity contribution in [2.24, 2.45) is 0 Å². The fourth-order valence-corrected chi connectivity index (χ4v) is 3.95. The lowest BCUT2D eigenvalue weighted by Crippen LogP contribution is -2.29. The highest BCUT2D eigenvalue weighted by molar-refractivity contribution is 9.10. The van der Waals surface area contributed by atoms with Crippen LogP contribution in [0.5, 0.6) is 11.5 Å². The molecule has 4 rings (SSSR count). The number of aromatic hydroxyl groups is 1. The van der Waals surface area contributed by atoms with Crippen molar-refractivity contribution in [1.29, 1.82) is 0 Å². The van der Waals surface area contributed by atoms with Crippen LogP contribution in [0.2, 0.25) is 0 Å². The van der Waals surface area contributed by atoms with E-state index in [0.29, 0.717) is 0 Å². The molecule has 3 aromatic rings. The number of carbonyl (C=O) groups excluding carboxylic acids is 2. The third-order valence-electron chi connectivity index (χ3n) is 5.26. The maximum Gasteiger partial charge on any atom is 0.300 e. The Hall–Kier alpha value is -3.72. The van der Waals surface area contributed by atoms with E-state index in [1.165, 1.54) is 25.3 Å². The van der Waals surface area contributed by atoms with Gasteiger partial charge in [-0.2, -0.15) is 0 Å². The smallest absolute Gasteiger partial charge is 0.300 e. The first-order valence-corrected chi connectivity index (χ1v) is 10.4. The van der Waals surface area contributed by atoms with Gasteiger partial charge in [-0.1, -0.05) is 34.1 Å². The second-order valence-corrected chi connectivity index (χ2v) is 8.12. The lowest BCUT2D eigenvalue weighted by atomic mass is 9.95. The van der Waals surface area contributed by atoms with Crippen molar-refractivity contribution in [2.75, 3.05) is 12.0 Å². The molecule has 9 heteroatoms. The number of methoxy groups -OCH3 is 1. The summed E-state index contributed by atoms with van der Waals surface area (Å²) >= 11 is 3.29. The van der Waals surface area contributed by atoms with Crippen molar-refractivity contribution in [2.45, 2.75) is 6.04 Å². The Morgan fingerprint density at radius 3 is 2.30 bits per heavy atom. The van der Waals surface area contributed by atoms with Gasteiger partial charge in [-0.15, -0.1) is 0 Å². The predicted octanol–water partition coefficient (Wildman–Crippen LogP) is 5.07. The van der Waals surface area contributed by atoms with E-state index < -0.39 is 35.1 Å². The molecule has 1 unspecified atom stereocenters. The summed E-state index contributed by atoms with van der Waals surface area (Å²) in [7, 11) is 1.36. The molecule has 1 fully saturated rings. The Morgan fingerprint density at radius 2 is 1.70 bits per heavy atom. The van der Waals surface area contributed by atoms with Crippen LogP contribution in [0.25, 0.3) is 5.76 Å². The standard InChI is InChI=1S/C24H16BrF2NO5/c1-33-19-9-4-13(10-18(19)29)21-20(22(30)12-2-5-14(25)6-3-12)23(31)24(32)28(21)15-7-8-16(26)17(27)11-15/h2-11,21,29-30H,1H3/b22-20+. The lowest BCUT2D eigenvalue weighted by molar-refractivity contribution is -0.132. The average molecular weight is 516 g/mol. The second-order valence-electron chi connectivity index (χ2n) is 7.21. The largest absolute Gasteiger partial charge is 0.507 e. The molecule has 0 bridgehead atoms. The first-order valence-electron chi connectivity index (χ1n) is 9.61. The summed E-state index contributed by atoms with van der Waals surface area (Å²) in [5, 5.41) is 21.3. The van der Waals surface area contributed by atoms with Gasteiger partial charge in [-0.05, 0) is 42.0 Å². The number of amides is 1. The Kier molecular flexibility index (Phi) is 5.90. The molecule has 2 N–H and O–H groups in total. The summed E-state index contributed by atoms with van der Waals surface area (Å²) in [6, 6.07) is 12.1. The summed E-state index contributed by atoms with van der Waals surface area (Å²) in [6.07, 6.45) is 0. The van der Waals surface area contributed by atoms with Crippen molar-refractivity contribution < 1.29 is 33.3 Å². The van der Waals surface area contributed by atoms with E-state index in [0.717, 1.165) is 27.6 Å². The maximum absolute atomic E-state index is 14.0. The minimum absolute atomic E-state index is 0.0915. The fourth-order valence-electron chi connectivity index (χ4n) is 3.69.